The van der Waals surface area contributed by atoms with Gasteiger partial charge in [0.25, 0.3) is 0 Å². The first kappa shape index (κ1) is 24.3. The van der Waals surface area contributed by atoms with E-state index in [0.717, 1.165) is 50.6 Å². The summed E-state index contributed by atoms with van der Waals surface area (Å²) in [6, 6.07) is 11.1. The molecule has 0 saturated heterocycles. The fraction of sp³-hybridized carbons (Fsp3) is 0.556. The number of sulfone groups is 1. The highest BCUT2D eigenvalue weighted by Gasteiger charge is 2.30. The summed E-state index contributed by atoms with van der Waals surface area (Å²) in [5.74, 6) is -0.357. The average Bonchev–Trinajstić information content (AvgIpc) is 3.59. The van der Waals surface area contributed by atoms with Gasteiger partial charge in [-0.2, -0.15) is 0 Å². The van der Waals surface area contributed by atoms with E-state index in [9.17, 15) is 17.2 Å². The Morgan fingerprint density at radius 2 is 1.76 bits per heavy atom. The molecule has 2 aliphatic carbocycles. The van der Waals surface area contributed by atoms with Gasteiger partial charge in [0.2, 0.25) is 0 Å². The van der Waals surface area contributed by atoms with E-state index in [-0.39, 0.29) is 11.7 Å². The molecule has 180 valence electrons. The van der Waals surface area contributed by atoms with Gasteiger partial charge in [-0.1, -0.05) is 31.2 Å². The zero-order valence-electron chi connectivity index (χ0n) is 19.5. The molecule has 3 nitrogen and oxygen atoms in total. The topological polar surface area (TPSA) is 46.2 Å². The molecule has 1 fully saturated rings. The van der Waals surface area contributed by atoms with Crippen LogP contribution in [0.15, 0.2) is 36.4 Å². The number of hydrogen-bond donors (Lipinski definition) is 1. The summed E-state index contributed by atoms with van der Waals surface area (Å²) in [5.41, 5.74) is 4.64. The lowest BCUT2D eigenvalue weighted by atomic mass is 9.75. The van der Waals surface area contributed by atoms with Crippen molar-refractivity contribution < 1.29 is 17.2 Å². The molecule has 0 radical (unpaired) electrons. The lowest BCUT2D eigenvalue weighted by Gasteiger charge is -2.35. The van der Waals surface area contributed by atoms with Gasteiger partial charge in [-0.05, 0) is 98.2 Å². The van der Waals surface area contributed by atoms with Crippen molar-refractivity contribution in [3.63, 3.8) is 0 Å². The molecule has 2 unspecified atom stereocenters. The molecule has 6 heteroatoms. The van der Waals surface area contributed by atoms with E-state index in [1.807, 2.05) is 0 Å². The smallest absolute Gasteiger partial charge is 0.159 e. The molecular weight excluding hydrogens is 440 g/mol. The minimum absolute atomic E-state index is 0.192. The second-order valence-electron chi connectivity index (χ2n) is 9.81. The largest absolute Gasteiger partial charge is 0.314 e. The first-order valence-corrected chi connectivity index (χ1v) is 14.2. The zero-order chi connectivity index (χ0) is 23.4. The highest BCUT2D eigenvalue weighted by molar-refractivity contribution is 7.91. The molecule has 0 amide bonds. The van der Waals surface area contributed by atoms with Crippen molar-refractivity contribution in [2.75, 3.05) is 18.1 Å². The van der Waals surface area contributed by atoms with Gasteiger partial charge in [0.05, 0.1) is 11.5 Å². The van der Waals surface area contributed by atoms with Crippen LogP contribution in [0.5, 0.6) is 0 Å². The van der Waals surface area contributed by atoms with E-state index in [4.69, 9.17) is 0 Å². The predicted molar refractivity (Wildman–Crippen MR) is 129 cm³/mol. The van der Waals surface area contributed by atoms with Crippen LogP contribution in [-0.2, 0) is 29.1 Å². The SMILES string of the molecule is CCNC1CCc2ccc(CCCCS(=O)(=O)CC3CC3)cc2C1Cc1ccc(F)c(F)c1. The third-order valence-electron chi connectivity index (χ3n) is 7.08. The third-order valence-corrected chi connectivity index (χ3v) is 8.97. The Bertz CT molecular complexity index is 1070. The van der Waals surface area contributed by atoms with Gasteiger partial charge in [-0.3, -0.25) is 0 Å². The van der Waals surface area contributed by atoms with Crippen molar-refractivity contribution in [2.24, 2.45) is 5.92 Å². The van der Waals surface area contributed by atoms with E-state index < -0.39 is 21.5 Å². The van der Waals surface area contributed by atoms with Crippen molar-refractivity contribution in [2.45, 2.75) is 70.3 Å². The Hall–Kier alpha value is -1.79. The summed E-state index contributed by atoms with van der Waals surface area (Å²) in [6.07, 6.45) is 7.22. The van der Waals surface area contributed by atoms with Crippen molar-refractivity contribution in [3.8, 4) is 0 Å². The lowest BCUT2D eigenvalue weighted by Crippen LogP contribution is -2.39. The van der Waals surface area contributed by atoms with Crippen molar-refractivity contribution in [1.82, 2.24) is 5.32 Å². The van der Waals surface area contributed by atoms with Gasteiger partial charge in [-0.25, -0.2) is 17.2 Å². The molecule has 4 rings (SSSR count). The molecule has 0 bridgehead atoms. The fourth-order valence-electron chi connectivity index (χ4n) is 5.16. The van der Waals surface area contributed by atoms with Crippen LogP contribution in [0, 0.1) is 17.6 Å². The first-order valence-electron chi connectivity index (χ1n) is 12.3. The molecule has 2 atom stereocenters. The third kappa shape index (κ3) is 6.63. The van der Waals surface area contributed by atoms with Gasteiger partial charge < -0.3 is 5.32 Å². The summed E-state index contributed by atoms with van der Waals surface area (Å²) in [6.45, 7) is 2.96. The summed E-state index contributed by atoms with van der Waals surface area (Å²) >= 11 is 0. The molecule has 0 aromatic heterocycles. The van der Waals surface area contributed by atoms with Crippen LogP contribution < -0.4 is 5.32 Å². The molecule has 0 heterocycles. The first-order chi connectivity index (χ1) is 15.8. The molecule has 1 N–H and O–H groups in total. The van der Waals surface area contributed by atoms with Gasteiger partial charge in [0, 0.05) is 12.0 Å². The Balaban J connectivity index is 1.45. The Morgan fingerprint density at radius 1 is 0.970 bits per heavy atom. The van der Waals surface area contributed by atoms with Crippen LogP contribution in [0.25, 0.3) is 0 Å². The number of hydrogen-bond acceptors (Lipinski definition) is 3. The van der Waals surface area contributed by atoms with Crippen LogP contribution in [0.1, 0.15) is 67.2 Å². The van der Waals surface area contributed by atoms with Crippen molar-refractivity contribution >= 4 is 9.84 Å². The monoisotopic (exact) mass is 475 g/mol. The Morgan fingerprint density at radius 3 is 2.48 bits per heavy atom. The number of aryl methyl sites for hydroxylation is 2. The number of nitrogens with one attached hydrogen (secondary N) is 1. The number of fused-ring (bicyclic) bond motifs is 1. The molecule has 2 aromatic carbocycles. The molecule has 1 saturated carbocycles. The zero-order valence-corrected chi connectivity index (χ0v) is 20.3. The molecule has 2 aromatic rings. The van der Waals surface area contributed by atoms with Gasteiger partial charge in [0.15, 0.2) is 21.5 Å². The van der Waals surface area contributed by atoms with E-state index >= 15 is 0 Å². The van der Waals surface area contributed by atoms with Crippen molar-refractivity contribution in [1.29, 1.82) is 0 Å². The van der Waals surface area contributed by atoms with E-state index in [0.29, 0.717) is 30.6 Å². The molecular formula is C27H35F2NO2S. The van der Waals surface area contributed by atoms with Crippen LogP contribution >= 0.6 is 0 Å². The summed E-state index contributed by atoms with van der Waals surface area (Å²) in [4.78, 5) is 0. The number of halogens is 2. The fourth-order valence-corrected chi connectivity index (χ4v) is 7.02. The van der Waals surface area contributed by atoms with Gasteiger partial charge in [-0.15, -0.1) is 0 Å². The summed E-state index contributed by atoms with van der Waals surface area (Å²) in [7, 11) is -2.92. The number of benzene rings is 2. The van der Waals surface area contributed by atoms with E-state index in [2.05, 4.69) is 30.4 Å². The highest BCUT2D eigenvalue weighted by atomic mass is 32.2. The lowest BCUT2D eigenvalue weighted by molar-refractivity contribution is 0.391. The molecule has 0 aliphatic heterocycles. The van der Waals surface area contributed by atoms with Gasteiger partial charge >= 0.3 is 0 Å². The van der Waals surface area contributed by atoms with E-state index in [1.165, 1.54) is 28.8 Å². The van der Waals surface area contributed by atoms with Crippen molar-refractivity contribution in [3.05, 3.63) is 70.3 Å². The Kier molecular flexibility index (Phi) is 7.85. The van der Waals surface area contributed by atoms with Crippen LogP contribution in [0.4, 0.5) is 8.78 Å². The maximum atomic E-state index is 13.8. The maximum absolute atomic E-state index is 13.8. The second kappa shape index (κ2) is 10.6. The van der Waals surface area contributed by atoms with Crippen LogP contribution in [0.2, 0.25) is 0 Å². The quantitative estimate of drug-likeness (QED) is 0.445. The van der Waals surface area contributed by atoms with E-state index in [1.54, 1.807) is 6.07 Å². The number of rotatable bonds is 11. The predicted octanol–water partition coefficient (Wildman–Crippen LogP) is 5.36. The highest BCUT2D eigenvalue weighted by Crippen LogP contribution is 2.36. The second-order valence-corrected chi connectivity index (χ2v) is 12.0. The minimum Gasteiger partial charge on any atom is -0.314 e. The summed E-state index contributed by atoms with van der Waals surface area (Å²) in [5, 5.41) is 3.60. The minimum atomic E-state index is -2.92. The number of unbranched alkanes of at least 4 members (excludes halogenated alkanes) is 1. The standard InChI is InChI=1S/C27H35F2NO2S/c1-2-30-27-13-11-22-10-8-19(5-3-4-14-33(31,32)18-20-6-7-20)15-23(22)24(27)16-21-9-12-25(28)26(29)17-21/h8-10,12,15,17,20,24,27,30H,2-7,11,13-14,16,18H2,1H3. The number of likely N-dealkylation sites (N-methyl/N-ethyl adjacent to an activating group) is 1. The molecule has 2 aliphatic rings. The molecule has 0 spiro atoms. The van der Waals surface area contributed by atoms with Crippen LogP contribution in [-0.4, -0.2) is 32.5 Å². The van der Waals surface area contributed by atoms with Gasteiger partial charge in [0.1, 0.15) is 0 Å². The maximum Gasteiger partial charge on any atom is 0.159 e. The normalized spacial score (nSPS) is 20.6. The summed E-state index contributed by atoms with van der Waals surface area (Å²) < 4.78 is 51.6. The molecule has 33 heavy (non-hydrogen) atoms. The Labute approximate surface area is 196 Å². The average molecular weight is 476 g/mol. The van der Waals surface area contributed by atoms with Crippen LogP contribution in [0.3, 0.4) is 0 Å².